The van der Waals surface area contributed by atoms with Crippen molar-refractivity contribution in [1.29, 1.82) is 0 Å². The van der Waals surface area contributed by atoms with Crippen molar-refractivity contribution in [2.24, 2.45) is 0 Å². The molecule has 9 heteroatoms. The van der Waals surface area contributed by atoms with Gasteiger partial charge in [0.15, 0.2) is 0 Å². The standard InChI is InChI=1S/C17H24N6O2S/c1-12-9-23(10-13(2)25-12)7-6-22(3)15-5-4-14(8-18-15)16(24)20-17-21-19-11-26-17/h4-5,8,11-13H,6-7,9-10H2,1-3H3,(H,20,21,24)/t12-,13+. The van der Waals surface area contributed by atoms with E-state index in [9.17, 15) is 4.79 Å². The summed E-state index contributed by atoms with van der Waals surface area (Å²) in [7, 11) is 2.01. The topological polar surface area (TPSA) is 83.5 Å². The molecule has 0 saturated carbocycles. The first-order chi connectivity index (χ1) is 12.5. The average molecular weight is 376 g/mol. The molecule has 26 heavy (non-hydrogen) atoms. The molecule has 3 heterocycles. The second-order valence-corrected chi connectivity index (χ2v) is 7.37. The molecule has 2 atom stereocenters. The number of carbonyl (C=O) groups excluding carboxylic acids is 1. The molecule has 1 fully saturated rings. The van der Waals surface area contributed by atoms with Gasteiger partial charge in [-0.25, -0.2) is 4.98 Å². The molecule has 0 bridgehead atoms. The number of aromatic nitrogens is 3. The third-order valence-corrected chi connectivity index (χ3v) is 4.84. The number of amides is 1. The van der Waals surface area contributed by atoms with E-state index in [1.54, 1.807) is 17.8 Å². The van der Waals surface area contributed by atoms with Gasteiger partial charge in [0.2, 0.25) is 5.13 Å². The Labute approximate surface area is 157 Å². The molecular weight excluding hydrogens is 352 g/mol. The van der Waals surface area contributed by atoms with Crippen molar-refractivity contribution in [2.45, 2.75) is 26.1 Å². The van der Waals surface area contributed by atoms with Crippen molar-refractivity contribution in [3.63, 3.8) is 0 Å². The van der Waals surface area contributed by atoms with Crippen LogP contribution in [0.3, 0.4) is 0 Å². The first-order valence-electron chi connectivity index (χ1n) is 8.64. The lowest BCUT2D eigenvalue weighted by atomic mass is 10.2. The first-order valence-corrected chi connectivity index (χ1v) is 9.51. The third-order valence-electron chi connectivity index (χ3n) is 4.23. The first kappa shape index (κ1) is 18.7. The summed E-state index contributed by atoms with van der Waals surface area (Å²) in [6.07, 6.45) is 2.13. The molecule has 1 saturated heterocycles. The highest BCUT2D eigenvalue weighted by Gasteiger charge is 2.22. The predicted octanol–water partition coefficient (Wildman–Crippen LogP) is 1.73. The molecule has 1 N–H and O–H groups in total. The van der Waals surface area contributed by atoms with E-state index in [0.717, 1.165) is 32.0 Å². The van der Waals surface area contributed by atoms with Crippen molar-refractivity contribution in [3.05, 3.63) is 29.4 Å². The fourth-order valence-electron chi connectivity index (χ4n) is 3.02. The number of likely N-dealkylation sites (N-methyl/N-ethyl adjacent to an activating group) is 1. The molecule has 1 aliphatic rings. The van der Waals surface area contributed by atoms with Crippen LogP contribution in [0.4, 0.5) is 10.9 Å². The van der Waals surface area contributed by atoms with Crippen LogP contribution in [0.15, 0.2) is 23.8 Å². The normalized spacial score (nSPS) is 20.7. The predicted molar refractivity (Wildman–Crippen MR) is 102 cm³/mol. The van der Waals surface area contributed by atoms with Crippen molar-refractivity contribution in [2.75, 3.05) is 43.4 Å². The minimum absolute atomic E-state index is 0.236. The molecule has 0 radical (unpaired) electrons. The van der Waals surface area contributed by atoms with Crippen LogP contribution in [0, 0.1) is 0 Å². The largest absolute Gasteiger partial charge is 0.373 e. The minimum atomic E-state index is -0.236. The van der Waals surface area contributed by atoms with Gasteiger partial charge in [-0.3, -0.25) is 15.0 Å². The highest BCUT2D eigenvalue weighted by Crippen LogP contribution is 2.14. The summed E-state index contributed by atoms with van der Waals surface area (Å²) in [4.78, 5) is 21.1. The van der Waals surface area contributed by atoms with Crippen LogP contribution < -0.4 is 10.2 Å². The van der Waals surface area contributed by atoms with Gasteiger partial charge in [0, 0.05) is 39.4 Å². The summed E-state index contributed by atoms with van der Waals surface area (Å²) in [5.74, 6) is 0.603. The molecule has 0 unspecified atom stereocenters. The summed E-state index contributed by atoms with van der Waals surface area (Å²) in [6, 6.07) is 3.63. The van der Waals surface area contributed by atoms with Gasteiger partial charge >= 0.3 is 0 Å². The Morgan fingerprint density at radius 3 is 2.77 bits per heavy atom. The number of ether oxygens (including phenoxy) is 1. The molecule has 8 nitrogen and oxygen atoms in total. The Bertz CT molecular complexity index is 699. The number of nitrogens with zero attached hydrogens (tertiary/aromatic N) is 5. The van der Waals surface area contributed by atoms with Crippen molar-refractivity contribution >= 4 is 28.2 Å². The summed E-state index contributed by atoms with van der Waals surface area (Å²) < 4.78 is 5.77. The summed E-state index contributed by atoms with van der Waals surface area (Å²) in [6.45, 7) is 7.95. The highest BCUT2D eigenvalue weighted by molar-refractivity contribution is 7.13. The molecule has 1 aliphatic heterocycles. The molecular formula is C17H24N6O2S. The Hall–Kier alpha value is -2.10. The van der Waals surface area contributed by atoms with Gasteiger partial charge in [0.05, 0.1) is 17.8 Å². The molecule has 0 aromatic carbocycles. The zero-order chi connectivity index (χ0) is 18.5. The van der Waals surface area contributed by atoms with E-state index in [0.29, 0.717) is 10.7 Å². The van der Waals surface area contributed by atoms with Crippen molar-refractivity contribution < 1.29 is 9.53 Å². The van der Waals surface area contributed by atoms with Gasteiger partial charge < -0.3 is 9.64 Å². The molecule has 1 amide bonds. The van der Waals surface area contributed by atoms with Crippen molar-refractivity contribution in [1.82, 2.24) is 20.1 Å². The molecule has 0 spiro atoms. The van der Waals surface area contributed by atoms with Gasteiger partial charge in [-0.15, -0.1) is 10.2 Å². The maximum atomic E-state index is 12.1. The van der Waals surface area contributed by atoms with Gasteiger partial charge in [-0.1, -0.05) is 11.3 Å². The molecule has 3 rings (SSSR count). The van der Waals surface area contributed by atoms with Crippen LogP contribution in [-0.4, -0.2) is 71.4 Å². The number of carbonyl (C=O) groups is 1. The fraction of sp³-hybridized carbons (Fsp3) is 0.529. The maximum absolute atomic E-state index is 12.1. The average Bonchev–Trinajstić information content (AvgIpc) is 3.12. The van der Waals surface area contributed by atoms with Gasteiger partial charge in [0.1, 0.15) is 11.3 Å². The van der Waals surface area contributed by atoms with E-state index in [1.807, 2.05) is 13.1 Å². The van der Waals surface area contributed by atoms with E-state index in [4.69, 9.17) is 4.74 Å². The second-order valence-electron chi connectivity index (χ2n) is 6.54. The maximum Gasteiger partial charge on any atom is 0.259 e. The number of rotatable bonds is 6. The lowest BCUT2D eigenvalue weighted by Gasteiger charge is -2.36. The second kappa shape index (κ2) is 8.52. The van der Waals surface area contributed by atoms with Crippen LogP contribution in [0.2, 0.25) is 0 Å². The smallest absolute Gasteiger partial charge is 0.259 e. The quantitative estimate of drug-likeness (QED) is 0.822. The molecule has 0 aliphatic carbocycles. The van der Waals surface area contributed by atoms with Gasteiger partial charge in [0.25, 0.3) is 5.91 Å². The van der Waals surface area contributed by atoms with E-state index in [1.165, 1.54) is 11.3 Å². The van der Waals surface area contributed by atoms with Crippen LogP contribution in [0.25, 0.3) is 0 Å². The molecule has 2 aromatic heterocycles. The molecule has 140 valence electrons. The van der Waals surface area contributed by atoms with E-state index < -0.39 is 0 Å². The minimum Gasteiger partial charge on any atom is -0.373 e. The van der Waals surface area contributed by atoms with Crippen LogP contribution in [0.5, 0.6) is 0 Å². The monoisotopic (exact) mass is 376 g/mol. The summed E-state index contributed by atoms with van der Waals surface area (Å²) in [5.41, 5.74) is 2.06. The number of nitrogens with one attached hydrogen (secondary N) is 1. The zero-order valence-corrected chi connectivity index (χ0v) is 16.1. The highest BCUT2D eigenvalue weighted by atomic mass is 32.1. The molecule has 2 aromatic rings. The Morgan fingerprint density at radius 2 is 2.15 bits per heavy atom. The van der Waals surface area contributed by atoms with E-state index in [2.05, 4.69) is 44.1 Å². The SMILES string of the molecule is C[C@@H]1CN(CCN(C)c2ccc(C(=O)Nc3nncs3)cn2)C[C@H](C)O1. The number of hydrogen-bond donors (Lipinski definition) is 1. The van der Waals surface area contributed by atoms with Crippen molar-refractivity contribution in [3.8, 4) is 0 Å². The van der Waals surface area contributed by atoms with Crippen LogP contribution in [-0.2, 0) is 4.74 Å². The Kier molecular flexibility index (Phi) is 6.12. The Morgan fingerprint density at radius 1 is 1.38 bits per heavy atom. The Balaban J connectivity index is 1.51. The number of pyridine rings is 1. The van der Waals surface area contributed by atoms with Gasteiger partial charge in [-0.2, -0.15) is 0 Å². The number of hydrogen-bond acceptors (Lipinski definition) is 8. The lowest BCUT2D eigenvalue weighted by Crippen LogP contribution is -2.47. The number of morpholine rings is 1. The lowest BCUT2D eigenvalue weighted by molar-refractivity contribution is -0.0670. The summed E-state index contributed by atoms with van der Waals surface area (Å²) >= 11 is 1.28. The fourth-order valence-corrected chi connectivity index (χ4v) is 3.46. The van der Waals surface area contributed by atoms with Crippen LogP contribution >= 0.6 is 11.3 Å². The van der Waals surface area contributed by atoms with Gasteiger partial charge in [-0.05, 0) is 26.0 Å². The zero-order valence-electron chi connectivity index (χ0n) is 15.3. The van der Waals surface area contributed by atoms with Crippen LogP contribution in [0.1, 0.15) is 24.2 Å². The van der Waals surface area contributed by atoms with E-state index in [-0.39, 0.29) is 18.1 Å². The number of anilines is 2. The summed E-state index contributed by atoms with van der Waals surface area (Å²) in [5, 5.41) is 10.7. The van der Waals surface area contributed by atoms with E-state index >= 15 is 0 Å². The third kappa shape index (κ3) is 4.96.